The highest BCUT2D eigenvalue weighted by Gasteiger charge is 2.06. The Kier molecular flexibility index (Phi) is 9.78. The van der Waals surface area contributed by atoms with E-state index in [0.29, 0.717) is 11.7 Å². The van der Waals surface area contributed by atoms with E-state index in [-0.39, 0.29) is 24.0 Å². The van der Waals surface area contributed by atoms with Crippen molar-refractivity contribution >= 4 is 41.3 Å². The molecule has 3 N–H and O–H groups in total. The van der Waals surface area contributed by atoms with Gasteiger partial charge in [-0.25, -0.2) is 0 Å². The topological polar surface area (TPSA) is 56.7 Å². The summed E-state index contributed by atoms with van der Waals surface area (Å²) in [6.07, 6.45) is 0.846. The van der Waals surface area contributed by atoms with E-state index in [9.17, 15) is 5.11 Å². The zero-order valence-corrected chi connectivity index (χ0v) is 17.3. The molecule has 0 amide bonds. The zero-order valence-electron chi connectivity index (χ0n) is 14.2. The number of hydrogen-bond acceptors (Lipinski definition) is 3. The van der Waals surface area contributed by atoms with Crippen LogP contribution >= 0.6 is 35.3 Å². The van der Waals surface area contributed by atoms with Crippen LogP contribution < -0.4 is 10.6 Å². The summed E-state index contributed by atoms with van der Waals surface area (Å²) in [6, 6.07) is 9.53. The Morgan fingerprint density at radius 3 is 2.79 bits per heavy atom. The molecule has 0 bridgehead atoms. The number of phenolic OH excluding ortho intramolecular Hbond substituents is 1. The quantitative estimate of drug-likeness (QED) is 0.334. The fourth-order valence-corrected chi connectivity index (χ4v) is 3.05. The molecule has 0 aliphatic rings. The van der Waals surface area contributed by atoms with Gasteiger partial charge in [0.1, 0.15) is 5.75 Å². The molecule has 1 aromatic carbocycles. The number of hydrogen-bond donors (Lipinski definition) is 3. The second kappa shape index (κ2) is 11.3. The molecule has 132 valence electrons. The molecule has 6 heteroatoms. The summed E-state index contributed by atoms with van der Waals surface area (Å²) in [5.41, 5.74) is 2.45. The lowest BCUT2D eigenvalue weighted by Crippen LogP contribution is -2.38. The SMILES string of the molecule is CCNC(=NCC(C)c1ccsc1)NCCc1cccc(O)c1.I. The number of nitrogens with zero attached hydrogens (tertiary/aromatic N) is 1. The van der Waals surface area contributed by atoms with Crippen LogP contribution in [0, 0.1) is 0 Å². The first-order valence-electron chi connectivity index (χ1n) is 8.01. The van der Waals surface area contributed by atoms with Gasteiger partial charge in [0.25, 0.3) is 0 Å². The first-order chi connectivity index (χ1) is 11.2. The molecule has 0 radical (unpaired) electrons. The summed E-state index contributed by atoms with van der Waals surface area (Å²) in [5.74, 6) is 1.57. The number of guanidine groups is 1. The van der Waals surface area contributed by atoms with Crippen molar-refractivity contribution in [3.05, 3.63) is 52.2 Å². The molecule has 2 aromatic rings. The molecule has 24 heavy (non-hydrogen) atoms. The molecule has 1 aromatic heterocycles. The minimum Gasteiger partial charge on any atom is -0.508 e. The molecule has 0 saturated carbocycles. The number of phenols is 1. The molecule has 0 aliphatic heterocycles. The lowest BCUT2D eigenvalue weighted by atomic mass is 10.1. The summed E-state index contributed by atoms with van der Waals surface area (Å²) < 4.78 is 0. The van der Waals surface area contributed by atoms with Crippen molar-refractivity contribution in [2.45, 2.75) is 26.2 Å². The molecular weight excluding hydrogens is 433 g/mol. The molecule has 4 nitrogen and oxygen atoms in total. The number of aliphatic imine (C=N–C) groups is 1. The summed E-state index contributed by atoms with van der Waals surface area (Å²) in [6.45, 7) is 6.64. The van der Waals surface area contributed by atoms with Gasteiger partial charge in [-0.05, 0) is 53.4 Å². The largest absolute Gasteiger partial charge is 0.508 e. The fourth-order valence-electron chi connectivity index (χ4n) is 2.27. The van der Waals surface area contributed by atoms with Crippen LogP contribution in [0.3, 0.4) is 0 Å². The van der Waals surface area contributed by atoms with Crippen molar-refractivity contribution in [2.75, 3.05) is 19.6 Å². The van der Waals surface area contributed by atoms with Gasteiger partial charge in [0.05, 0.1) is 0 Å². The maximum absolute atomic E-state index is 9.49. The highest BCUT2D eigenvalue weighted by molar-refractivity contribution is 14.0. The summed E-state index contributed by atoms with van der Waals surface area (Å²) in [4.78, 5) is 4.67. The molecule has 0 aliphatic carbocycles. The fraction of sp³-hybridized carbons (Fsp3) is 0.389. The van der Waals surface area contributed by atoms with Crippen molar-refractivity contribution in [3.63, 3.8) is 0 Å². The zero-order chi connectivity index (χ0) is 16.5. The highest BCUT2D eigenvalue weighted by atomic mass is 127. The number of thiophene rings is 1. The molecule has 1 heterocycles. The summed E-state index contributed by atoms with van der Waals surface area (Å²) >= 11 is 1.72. The van der Waals surface area contributed by atoms with Crippen LogP contribution in [-0.4, -0.2) is 30.7 Å². The predicted molar refractivity (Wildman–Crippen MR) is 114 cm³/mol. The van der Waals surface area contributed by atoms with Crippen LogP contribution in [0.1, 0.15) is 30.9 Å². The van der Waals surface area contributed by atoms with Gasteiger partial charge >= 0.3 is 0 Å². The lowest BCUT2D eigenvalue weighted by Gasteiger charge is -2.13. The number of benzene rings is 1. The minimum absolute atomic E-state index is 0. The van der Waals surface area contributed by atoms with Gasteiger partial charge in [0, 0.05) is 25.6 Å². The van der Waals surface area contributed by atoms with Gasteiger partial charge in [-0.3, -0.25) is 4.99 Å². The standard InChI is InChI=1S/C18H25N3OS.HI/c1-3-19-18(21-12-14(2)16-8-10-23-13-16)20-9-7-15-5-4-6-17(22)11-15;/h4-6,8,10-11,13-14,22H,3,7,9,12H2,1-2H3,(H2,19,20,21);1H. The van der Waals surface area contributed by atoms with Crippen molar-refractivity contribution < 1.29 is 5.11 Å². The molecule has 0 spiro atoms. The van der Waals surface area contributed by atoms with Gasteiger partial charge < -0.3 is 15.7 Å². The predicted octanol–water partition coefficient (Wildman–Crippen LogP) is 3.97. The minimum atomic E-state index is 0. The van der Waals surface area contributed by atoms with E-state index < -0.39 is 0 Å². The van der Waals surface area contributed by atoms with Crippen molar-refractivity contribution in [3.8, 4) is 5.75 Å². The van der Waals surface area contributed by atoms with Crippen LogP contribution in [0.4, 0.5) is 0 Å². The van der Waals surface area contributed by atoms with E-state index in [4.69, 9.17) is 0 Å². The van der Waals surface area contributed by atoms with Gasteiger partial charge in [0.15, 0.2) is 5.96 Å². The average molecular weight is 459 g/mol. The summed E-state index contributed by atoms with van der Waals surface area (Å²) in [5, 5.41) is 20.4. The van der Waals surface area contributed by atoms with Gasteiger partial charge in [-0.1, -0.05) is 19.1 Å². The van der Waals surface area contributed by atoms with Crippen molar-refractivity contribution in [1.82, 2.24) is 10.6 Å². The molecule has 0 fully saturated rings. The third-order valence-corrected chi connectivity index (χ3v) is 4.30. The van der Waals surface area contributed by atoms with Crippen LogP contribution in [-0.2, 0) is 6.42 Å². The molecule has 1 unspecified atom stereocenters. The molecule has 2 rings (SSSR count). The third-order valence-electron chi connectivity index (χ3n) is 3.60. The van der Waals surface area contributed by atoms with Crippen molar-refractivity contribution in [1.29, 1.82) is 0 Å². The Labute approximate surface area is 165 Å². The number of rotatable bonds is 7. The van der Waals surface area contributed by atoms with Gasteiger partial charge in [0.2, 0.25) is 0 Å². The van der Waals surface area contributed by atoms with E-state index in [1.807, 2.05) is 12.1 Å². The maximum Gasteiger partial charge on any atom is 0.191 e. The Morgan fingerprint density at radius 2 is 2.12 bits per heavy atom. The van der Waals surface area contributed by atoms with Crippen LogP contribution in [0.2, 0.25) is 0 Å². The monoisotopic (exact) mass is 459 g/mol. The van der Waals surface area contributed by atoms with Crippen LogP contribution in [0.25, 0.3) is 0 Å². The third kappa shape index (κ3) is 7.09. The molecule has 0 saturated heterocycles. The maximum atomic E-state index is 9.49. The second-order valence-electron chi connectivity index (χ2n) is 5.52. The first kappa shape index (κ1) is 20.8. The Balaban J connectivity index is 0.00000288. The highest BCUT2D eigenvalue weighted by Crippen LogP contribution is 2.18. The molecule has 1 atom stereocenters. The Hall–Kier alpha value is -1.28. The van der Waals surface area contributed by atoms with E-state index >= 15 is 0 Å². The first-order valence-corrected chi connectivity index (χ1v) is 8.95. The number of aromatic hydroxyl groups is 1. The van der Waals surface area contributed by atoms with Gasteiger partial charge in [-0.2, -0.15) is 11.3 Å². The average Bonchev–Trinajstić information content (AvgIpc) is 3.07. The Morgan fingerprint density at radius 1 is 1.29 bits per heavy atom. The van der Waals surface area contributed by atoms with Crippen molar-refractivity contribution in [2.24, 2.45) is 4.99 Å². The normalized spacial score (nSPS) is 12.3. The lowest BCUT2D eigenvalue weighted by molar-refractivity contribution is 0.474. The number of nitrogens with one attached hydrogen (secondary N) is 2. The van der Waals surface area contributed by atoms with Crippen LogP contribution in [0.15, 0.2) is 46.1 Å². The van der Waals surface area contributed by atoms with E-state index in [1.165, 1.54) is 5.56 Å². The molecular formula is C18H26IN3OS. The van der Waals surface area contributed by atoms with Crippen LogP contribution in [0.5, 0.6) is 5.75 Å². The second-order valence-corrected chi connectivity index (χ2v) is 6.30. The smallest absolute Gasteiger partial charge is 0.191 e. The van der Waals surface area contributed by atoms with E-state index in [2.05, 4.69) is 46.3 Å². The summed E-state index contributed by atoms with van der Waals surface area (Å²) in [7, 11) is 0. The van der Waals surface area contributed by atoms with E-state index in [1.54, 1.807) is 23.5 Å². The Bertz CT molecular complexity index is 616. The van der Waals surface area contributed by atoms with E-state index in [0.717, 1.165) is 37.6 Å². The number of halogens is 1. The van der Waals surface area contributed by atoms with Gasteiger partial charge in [-0.15, -0.1) is 24.0 Å².